The van der Waals surface area contributed by atoms with E-state index < -0.39 is 0 Å². The highest BCUT2D eigenvalue weighted by Crippen LogP contribution is 2.08. The molecule has 2 N–H and O–H groups in total. The Bertz CT molecular complexity index is 300. The van der Waals surface area contributed by atoms with Crippen LogP contribution in [0.3, 0.4) is 0 Å². The summed E-state index contributed by atoms with van der Waals surface area (Å²) in [4.78, 5) is 2.37. The van der Waals surface area contributed by atoms with Gasteiger partial charge in [0.2, 0.25) is 0 Å². The van der Waals surface area contributed by atoms with Crippen LogP contribution >= 0.6 is 0 Å². The highest BCUT2D eigenvalue weighted by molar-refractivity contribution is 5.14. The molecule has 0 aliphatic rings. The average molecular weight is 236 g/mol. The molecule has 1 rings (SSSR count). The van der Waals surface area contributed by atoms with Gasteiger partial charge in [0.1, 0.15) is 0 Å². The summed E-state index contributed by atoms with van der Waals surface area (Å²) in [6, 6.07) is 11.0. The fourth-order valence-electron chi connectivity index (χ4n) is 1.84. The lowest BCUT2D eigenvalue weighted by Crippen LogP contribution is -2.42. The molecule has 0 heterocycles. The molecule has 0 spiro atoms. The molecule has 0 bridgehead atoms. The third-order valence-electron chi connectivity index (χ3n) is 2.81. The summed E-state index contributed by atoms with van der Waals surface area (Å²) in [6.45, 7) is 6.80. The molecular weight excluding hydrogens is 212 g/mol. The smallest absolute Gasteiger partial charge is 0.0626 e. The third-order valence-corrected chi connectivity index (χ3v) is 2.81. The zero-order chi connectivity index (χ0) is 12.7. The number of nitrogens with two attached hydrogens (primary N) is 1. The van der Waals surface area contributed by atoms with Gasteiger partial charge in [0, 0.05) is 32.3 Å². The molecule has 0 fully saturated rings. The molecule has 1 aromatic carbocycles. The van der Waals surface area contributed by atoms with Crippen LogP contribution in [0.15, 0.2) is 30.3 Å². The van der Waals surface area contributed by atoms with Crippen molar-refractivity contribution in [3.05, 3.63) is 35.9 Å². The molecule has 1 unspecified atom stereocenters. The molecule has 0 aliphatic heterocycles. The van der Waals surface area contributed by atoms with E-state index in [1.54, 1.807) is 7.11 Å². The van der Waals surface area contributed by atoms with Crippen LogP contribution in [0.2, 0.25) is 0 Å². The number of nitrogens with zero attached hydrogens (tertiary/aromatic N) is 1. The molecule has 0 aromatic heterocycles. The van der Waals surface area contributed by atoms with E-state index in [4.69, 9.17) is 10.5 Å². The van der Waals surface area contributed by atoms with Gasteiger partial charge in [-0.25, -0.2) is 0 Å². The number of benzene rings is 1. The van der Waals surface area contributed by atoms with Crippen LogP contribution in [0.1, 0.15) is 19.4 Å². The zero-order valence-corrected chi connectivity index (χ0v) is 11.1. The standard InChI is InChI=1S/C14H24N2O/c1-12(2)16(10-14(15)11-17-3)9-13-7-5-4-6-8-13/h4-8,12,14H,9-11,15H2,1-3H3. The van der Waals surface area contributed by atoms with Crippen LogP contribution in [-0.4, -0.2) is 37.2 Å². The van der Waals surface area contributed by atoms with Crippen LogP contribution in [-0.2, 0) is 11.3 Å². The molecule has 0 radical (unpaired) electrons. The quantitative estimate of drug-likeness (QED) is 0.785. The van der Waals surface area contributed by atoms with Gasteiger partial charge in [-0.15, -0.1) is 0 Å². The van der Waals surface area contributed by atoms with Gasteiger partial charge in [-0.3, -0.25) is 4.90 Å². The molecule has 3 nitrogen and oxygen atoms in total. The Balaban J connectivity index is 2.55. The maximum absolute atomic E-state index is 6.01. The molecule has 1 atom stereocenters. The number of hydrogen-bond acceptors (Lipinski definition) is 3. The topological polar surface area (TPSA) is 38.5 Å². The molecule has 96 valence electrons. The van der Waals surface area contributed by atoms with Crippen molar-refractivity contribution in [2.75, 3.05) is 20.3 Å². The van der Waals surface area contributed by atoms with Crippen LogP contribution in [0.25, 0.3) is 0 Å². The maximum Gasteiger partial charge on any atom is 0.0626 e. The second-order valence-corrected chi connectivity index (χ2v) is 4.72. The predicted octanol–water partition coefficient (Wildman–Crippen LogP) is 1.87. The van der Waals surface area contributed by atoms with Crippen molar-refractivity contribution < 1.29 is 4.74 Å². The fraction of sp³-hybridized carbons (Fsp3) is 0.571. The lowest BCUT2D eigenvalue weighted by atomic mass is 10.1. The summed E-state index contributed by atoms with van der Waals surface area (Å²) in [7, 11) is 1.69. The summed E-state index contributed by atoms with van der Waals surface area (Å²) in [5, 5.41) is 0. The van der Waals surface area contributed by atoms with E-state index in [9.17, 15) is 0 Å². The minimum atomic E-state index is 0.0751. The highest BCUT2D eigenvalue weighted by Gasteiger charge is 2.13. The minimum Gasteiger partial charge on any atom is -0.383 e. The van der Waals surface area contributed by atoms with Gasteiger partial charge >= 0.3 is 0 Å². The molecule has 0 saturated carbocycles. The summed E-state index contributed by atoms with van der Waals surface area (Å²) < 4.78 is 5.08. The van der Waals surface area contributed by atoms with Crippen molar-refractivity contribution in [2.24, 2.45) is 5.73 Å². The first-order valence-electron chi connectivity index (χ1n) is 6.16. The van der Waals surface area contributed by atoms with Crippen LogP contribution in [0, 0.1) is 0 Å². The van der Waals surface area contributed by atoms with Gasteiger partial charge in [0.05, 0.1) is 6.61 Å². The van der Waals surface area contributed by atoms with Gasteiger partial charge in [0.25, 0.3) is 0 Å². The molecule has 0 saturated heterocycles. The largest absolute Gasteiger partial charge is 0.383 e. The van der Waals surface area contributed by atoms with E-state index in [1.165, 1.54) is 5.56 Å². The monoisotopic (exact) mass is 236 g/mol. The first-order chi connectivity index (χ1) is 8.13. The van der Waals surface area contributed by atoms with Crippen molar-refractivity contribution in [3.8, 4) is 0 Å². The molecule has 17 heavy (non-hydrogen) atoms. The summed E-state index contributed by atoms with van der Waals surface area (Å²) in [5.74, 6) is 0. The third kappa shape index (κ3) is 5.31. The van der Waals surface area contributed by atoms with Crippen LogP contribution in [0.5, 0.6) is 0 Å². The van der Waals surface area contributed by atoms with Crippen molar-refractivity contribution in [1.29, 1.82) is 0 Å². The predicted molar refractivity (Wildman–Crippen MR) is 71.8 cm³/mol. The number of ether oxygens (including phenoxy) is 1. The molecular formula is C14H24N2O. The molecule has 0 aliphatic carbocycles. The van der Waals surface area contributed by atoms with Gasteiger partial charge in [-0.2, -0.15) is 0 Å². The summed E-state index contributed by atoms with van der Waals surface area (Å²) in [5.41, 5.74) is 7.33. The van der Waals surface area contributed by atoms with Gasteiger partial charge < -0.3 is 10.5 Å². The number of methoxy groups -OCH3 is 1. The first-order valence-corrected chi connectivity index (χ1v) is 6.16. The zero-order valence-electron chi connectivity index (χ0n) is 11.1. The number of rotatable bonds is 7. The summed E-state index contributed by atoms with van der Waals surface area (Å²) >= 11 is 0. The Hall–Kier alpha value is -0.900. The van der Waals surface area contributed by atoms with E-state index in [1.807, 2.05) is 6.07 Å². The van der Waals surface area contributed by atoms with Crippen molar-refractivity contribution >= 4 is 0 Å². The first kappa shape index (κ1) is 14.2. The average Bonchev–Trinajstić information content (AvgIpc) is 2.29. The van der Waals surface area contributed by atoms with Gasteiger partial charge in [0.15, 0.2) is 0 Å². The van der Waals surface area contributed by atoms with E-state index in [-0.39, 0.29) is 6.04 Å². The van der Waals surface area contributed by atoms with Crippen molar-refractivity contribution in [2.45, 2.75) is 32.5 Å². The Morgan fingerprint density at radius 3 is 2.41 bits per heavy atom. The fourth-order valence-corrected chi connectivity index (χ4v) is 1.84. The molecule has 1 aromatic rings. The Kier molecular flexibility index (Phi) is 6.19. The van der Waals surface area contributed by atoms with Crippen LogP contribution in [0.4, 0.5) is 0 Å². The molecule has 0 amide bonds. The Labute approximate surface area is 105 Å². The van der Waals surface area contributed by atoms with Crippen molar-refractivity contribution in [3.63, 3.8) is 0 Å². The van der Waals surface area contributed by atoms with E-state index in [2.05, 4.69) is 43.0 Å². The van der Waals surface area contributed by atoms with Gasteiger partial charge in [-0.1, -0.05) is 30.3 Å². The van der Waals surface area contributed by atoms with E-state index in [0.717, 1.165) is 13.1 Å². The second kappa shape index (κ2) is 7.43. The Morgan fingerprint density at radius 1 is 1.24 bits per heavy atom. The second-order valence-electron chi connectivity index (χ2n) is 4.72. The van der Waals surface area contributed by atoms with Gasteiger partial charge in [-0.05, 0) is 19.4 Å². The SMILES string of the molecule is COCC(N)CN(Cc1ccccc1)C(C)C. The highest BCUT2D eigenvalue weighted by atomic mass is 16.5. The number of hydrogen-bond donors (Lipinski definition) is 1. The Morgan fingerprint density at radius 2 is 1.88 bits per heavy atom. The van der Waals surface area contributed by atoms with Crippen LogP contribution < -0.4 is 5.73 Å². The van der Waals surface area contributed by atoms with Crippen molar-refractivity contribution in [1.82, 2.24) is 4.90 Å². The lowest BCUT2D eigenvalue weighted by molar-refractivity contribution is 0.136. The normalized spacial score (nSPS) is 13.3. The lowest BCUT2D eigenvalue weighted by Gasteiger charge is -2.29. The molecule has 3 heteroatoms. The summed E-state index contributed by atoms with van der Waals surface area (Å²) in [6.07, 6.45) is 0. The maximum atomic E-state index is 6.01. The van der Waals surface area contributed by atoms with E-state index in [0.29, 0.717) is 12.6 Å². The minimum absolute atomic E-state index is 0.0751. The van der Waals surface area contributed by atoms with E-state index >= 15 is 0 Å².